The lowest BCUT2D eigenvalue weighted by Gasteiger charge is -2.37. The molecule has 2 aliphatic rings. The summed E-state index contributed by atoms with van der Waals surface area (Å²) in [7, 11) is 0. The molecule has 2 aromatic heterocycles. The van der Waals surface area contributed by atoms with Crippen LogP contribution in [-0.2, 0) is 6.42 Å². The molecule has 16 heteroatoms. The summed E-state index contributed by atoms with van der Waals surface area (Å²) in [4.78, 5) is 23.6. The number of allylic oxidation sites excluding steroid dienone is 2. The van der Waals surface area contributed by atoms with Gasteiger partial charge in [0.15, 0.2) is 34.1 Å². The van der Waals surface area contributed by atoms with Gasteiger partial charge in [-0.05, 0) is 80.0 Å². The van der Waals surface area contributed by atoms with Gasteiger partial charge in [-0.15, -0.1) is 11.3 Å². The number of anilines is 2. The van der Waals surface area contributed by atoms with Crippen molar-refractivity contribution < 1.29 is 32.4 Å². The number of fused-ring (bicyclic) bond motifs is 1. The van der Waals surface area contributed by atoms with Crippen molar-refractivity contribution in [3.05, 3.63) is 87.2 Å². The van der Waals surface area contributed by atoms with Gasteiger partial charge in [-0.2, -0.15) is 5.84 Å². The van der Waals surface area contributed by atoms with E-state index in [0.717, 1.165) is 27.8 Å². The second kappa shape index (κ2) is 15.4. The summed E-state index contributed by atoms with van der Waals surface area (Å²) in [6.45, 7) is 3.02. The average Bonchev–Trinajstić information content (AvgIpc) is 3.73. The number of aryl methyl sites for hydroxylation is 1. The number of hydrogen-bond acceptors (Lipinski definition) is 11. The SMILES string of the molecule is C/C(C1=C(N)N(c2nc(C(=O)O)c(CCCOc3ccc(C#CC[N+]4(N)CCC(F)(F)CC4)cc3F)s2)CCC1)=C(/N)Nc1nc2ccccc2s1. The van der Waals surface area contributed by atoms with Crippen LogP contribution in [0.2, 0.25) is 0 Å². The highest BCUT2D eigenvalue weighted by atomic mass is 32.1. The highest BCUT2D eigenvalue weighted by molar-refractivity contribution is 7.22. The summed E-state index contributed by atoms with van der Waals surface area (Å²) in [6.07, 6.45) is 1.65. The number of quaternary nitrogens is 1. The Morgan fingerprint density at radius 2 is 1.94 bits per heavy atom. The van der Waals surface area contributed by atoms with Crippen LogP contribution in [0.4, 0.5) is 23.4 Å². The van der Waals surface area contributed by atoms with E-state index in [0.29, 0.717) is 58.2 Å². The summed E-state index contributed by atoms with van der Waals surface area (Å²) in [5.74, 6) is 8.42. The highest BCUT2D eigenvalue weighted by Gasteiger charge is 2.41. The molecule has 0 radical (unpaired) electrons. The van der Waals surface area contributed by atoms with Crippen LogP contribution >= 0.6 is 22.7 Å². The first-order chi connectivity index (χ1) is 24.8. The molecule has 1 saturated heterocycles. The molecule has 0 spiro atoms. The Balaban J connectivity index is 1.06. The van der Waals surface area contributed by atoms with Crippen LogP contribution in [0.25, 0.3) is 10.2 Å². The Morgan fingerprint density at radius 3 is 2.67 bits per heavy atom. The summed E-state index contributed by atoms with van der Waals surface area (Å²) in [5, 5.41) is 14.3. The van der Waals surface area contributed by atoms with E-state index in [1.54, 1.807) is 6.07 Å². The number of piperidine rings is 1. The molecule has 0 aliphatic carbocycles. The van der Waals surface area contributed by atoms with Crippen molar-refractivity contribution in [1.82, 2.24) is 9.97 Å². The fourth-order valence-electron chi connectivity index (χ4n) is 6.07. The number of rotatable bonds is 11. The lowest BCUT2D eigenvalue weighted by Crippen LogP contribution is -2.60. The van der Waals surface area contributed by atoms with Crippen LogP contribution < -0.4 is 32.3 Å². The number of benzene rings is 2. The van der Waals surface area contributed by atoms with E-state index >= 15 is 0 Å². The van der Waals surface area contributed by atoms with E-state index in [2.05, 4.69) is 27.1 Å². The van der Waals surface area contributed by atoms with Crippen molar-refractivity contribution in [3.8, 4) is 17.6 Å². The number of carboxylic acids is 1. The van der Waals surface area contributed by atoms with E-state index < -0.39 is 17.7 Å². The Hall–Kier alpha value is -4.82. The maximum absolute atomic E-state index is 14.8. The number of ether oxygens (including phenoxy) is 1. The molecule has 4 heterocycles. The minimum atomic E-state index is -2.69. The third kappa shape index (κ3) is 8.61. The highest BCUT2D eigenvalue weighted by Crippen LogP contribution is 2.35. The fraction of sp³-hybridized carbons (Fsp3) is 0.361. The number of carboxylic acid groups (broad SMARTS) is 1. The average molecular weight is 754 g/mol. The number of likely N-dealkylation sites (tertiary alicyclic amines) is 1. The first-order valence-corrected chi connectivity index (χ1v) is 18.5. The first-order valence-electron chi connectivity index (χ1n) is 16.8. The van der Waals surface area contributed by atoms with Gasteiger partial charge in [0.2, 0.25) is 0 Å². The van der Waals surface area contributed by atoms with Crippen molar-refractivity contribution in [2.45, 2.75) is 51.4 Å². The van der Waals surface area contributed by atoms with E-state index in [1.807, 2.05) is 36.1 Å². The van der Waals surface area contributed by atoms with Gasteiger partial charge in [0.25, 0.3) is 5.92 Å². The van der Waals surface area contributed by atoms with Crippen molar-refractivity contribution in [1.29, 1.82) is 0 Å². The van der Waals surface area contributed by atoms with Crippen LogP contribution in [0, 0.1) is 17.7 Å². The van der Waals surface area contributed by atoms with Crippen molar-refractivity contribution in [3.63, 3.8) is 0 Å². The molecule has 0 amide bonds. The number of hydrogen-bond donors (Lipinski definition) is 5. The number of nitrogens with two attached hydrogens (primary N) is 3. The maximum Gasteiger partial charge on any atom is 0.355 e. The summed E-state index contributed by atoms with van der Waals surface area (Å²) >= 11 is 2.75. The van der Waals surface area contributed by atoms with Gasteiger partial charge in [0.1, 0.15) is 24.7 Å². The van der Waals surface area contributed by atoms with Crippen molar-refractivity contribution >= 4 is 49.1 Å². The number of alkyl halides is 2. The largest absolute Gasteiger partial charge is 0.491 e. The van der Waals surface area contributed by atoms with E-state index in [4.69, 9.17) is 22.0 Å². The molecule has 11 nitrogen and oxygen atoms in total. The molecular formula is C36H40F3N8O3S2+. The number of para-hydroxylation sites is 1. The number of carbonyl (C=O) groups is 1. The number of aromatic nitrogens is 2. The molecule has 52 heavy (non-hydrogen) atoms. The number of nitrogens with one attached hydrogen (secondary N) is 1. The molecule has 2 aromatic carbocycles. The third-order valence-corrected chi connectivity index (χ3v) is 11.2. The van der Waals surface area contributed by atoms with Crippen LogP contribution in [0.3, 0.4) is 0 Å². The Kier molecular flexibility index (Phi) is 11.0. The summed E-state index contributed by atoms with van der Waals surface area (Å²) < 4.78 is 48.4. The van der Waals surface area contributed by atoms with Gasteiger partial charge in [-0.3, -0.25) is 0 Å². The lowest BCUT2D eigenvalue weighted by molar-refractivity contribution is -0.940. The predicted octanol–water partition coefficient (Wildman–Crippen LogP) is 6.15. The van der Waals surface area contributed by atoms with Gasteiger partial charge < -0.3 is 31.5 Å². The zero-order valence-corrected chi connectivity index (χ0v) is 30.2. The molecule has 6 rings (SSSR count). The van der Waals surface area contributed by atoms with Crippen LogP contribution in [-0.4, -0.2) is 64.3 Å². The molecule has 2 aliphatic heterocycles. The van der Waals surface area contributed by atoms with Crippen molar-refractivity contribution in [2.24, 2.45) is 17.3 Å². The second-order valence-corrected chi connectivity index (χ2v) is 15.0. The second-order valence-electron chi connectivity index (χ2n) is 12.9. The minimum Gasteiger partial charge on any atom is -0.491 e. The van der Waals surface area contributed by atoms with E-state index in [1.165, 1.54) is 34.8 Å². The maximum atomic E-state index is 14.8. The molecular weight excluding hydrogens is 714 g/mol. The molecule has 8 N–H and O–H groups in total. The van der Waals surface area contributed by atoms with Gasteiger partial charge in [0.05, 0.1) is 29.7 Å². The number of nitrogens with zero attached hydrogens (tertiary/aromatic N) is 4. The third-order valence-electron chi connectivity index (χ3n) is 9.13. The molecule has 0 unspecified atom stereocenters. The monoisotopic (exact) mass is 753 g/mol. The molecule has 0 saturated carbocycles. The Bertz CT molecular complexity index is 2060. The predicted molar refractivity (Wildman–Crippen MR) is 197 cm³/mol. The van der Waals surface area contributed by atoms with Gasteiger partial charge in [0, 0.05) is 17.0 Å². The summed E-state index contributed by atoms with van der Waals surface area (Å²) in [6, 6.07) is 12.2. The molecule has 0 atom stereocenters. The number of halogens is 3. The zero-order chi connectivity index (χ0) is 37.0. The number of aromatic carboxylic acids is 1. The standard InChI is InChI=1S/C36H39F3N8O3S2/c1-22(31(40)45-34-43-26-9-2-3-10-28(26)51-34)24-8-4-16-46(32(24)41)35-44-30(33(48)49)29(52-35)11-6-20-50-27-13-12-23(21-25(27)37)7-5-17-47(42)18-14-36(38,39)15-19-47/h2-3,9-10,12-13,21H,4,6,8,11,14-20,40-42H2,1H3,(H-,43,45,48,49)/p+1/b31-22+. The fourth-order valence-corrected chi connectivity index (χ4v) is 8.08. The first kappa shape index (κ1) is 37.0. The van der Waals surface area contributed by atoms with Gasteiger partial charge in [-0.1, -0.05) is 29.4 Å². The Morgan fingerprint density at radius 1 is 1.17 bits per heavy atom. The Labute approximate surface area is 307 Å². The zero-order valence-electron chi connectivity index (χ0n) is 28.6. The quantitative estimate of drug-likeness (QED) is 0.0520. The van der Waals surface area contributed by atoms with Crippen LogP contribution in [0.1, 0.15) is 60.0 Å². The van der Waals surface area contributed by atoms with Crippen molar-refractivity contribution in [2.75, 3.05) is 43.0 Å². The normalized spacial score (nSPS) is 17.4. The van der Waals surface area contributed by atoms with Crippen LogP contribution in [0.5, 0.6) is 5.75 Å². The molecule has 274 valence electrons. The summed E-state index contributed by atoms with van der Waals surface area (Å²) in [5.41, 5.74) is 16.0. The molecule has 0 bridgehead atoms. The molecule has 4 aromatic rings. The minimum absolute atomic E-state index is 0.0358. The van der Waals surface area contributed by atoms with Gasteiger partial charge in [-0.25, -0.2) is 32.5 Å². The smallest absolute Gasteiger partial charge is 0.355 e. The molecule has 1 fully saturated rings. The topological polar surface area (TPSA) is 166 Å². The van der Waals surface area contributed by atoms with E-state index in [-0.39, 0.29) is 55.1 Å². The van der Waals surface area contributed by atoms with E-state index in [9.17, 15) is 23.1 Å². The lowest BCUT2D eigenvalue weighted by atomic mass is 9.99. The van der Waals surface area contributed by atoms with Crippen LogP contribution in [0.15, 0.2) is 65.3 Å². The number of thiazole rings is 2. The van der Waals surface area contributed by atoms with Gasteiger partial charge >= 0.3 is 5.97 Å².